The average molecular weight is 289 g/mol. The maximum Gasteiger partial charge on any atom is 0.303 e. The number of carboxylic acids is 1. The van der Waals surface area contributed by atoms with Crippen molar-refractivity contribution in [2.24, 2.45) is 0 Å². The number of fused-ring (bicyclic) bond motifs is 1. The highest BCUT2D eigenvalue weighted by molar-refractivity contribution is 5.81. The number of rotatable bonds is 9. The monoisotopic (exact) mass is 289 g/mol. The van der Waals surface area contributed by atoms with Gasteiger partial charge in [0.1, 0.15) is 5.75 Å². The molecule has 0 aliphatic rings. The van der Waals surface area contributed by atoms with Gasteiger partial charge in [0.05, 0.1) is 6.61 Å². The minimum absolute atomic E-state index is 0.268. The van der Waals surface area contributed by atoms with Crippen LogP contribution >= 0.6 is 0 Å². The molecule has 0 unspecified atom stereocenters. The molecular weight excluding hydrogens is 266 g/mol. The minimum atomic E-state index is -0.707. The molecule has 0 saturated heterocycles. The van der Waals surface area contributed by atoms with Gasteiger partial charge in [0, 0.05) is 30.1 Å². The first-order chi connectivity index (χ1) is 10.2. The van der Waals surface area contributed by atoms with Crippen LogP contribution in [0, 0.1) is 0 Å². The predicted octanol–water partition coefficient (Wildman–Crippen LogP) is 4.08. The minimum Gasteiger partial charge on any atom is -0.494 e. The van der Waals surface area contributed by atoms with Gasteiger partial charge in [-0.05, 0) is 43.5 Å². The van der Waals surface area contributed by atoms with Gasteiger partial charge in [-0.25, -0.2) is 0 Å². The van der Waals surface area contributed by atoms with Crippen molar-refractivity contribution in [1.82, 2.24) is 4.57 Å². The Morgan fingerprint density at radius 2 is 2.10 bits per heavy atom. The molecule has 1 N–H and O–H groups in total. The van der Waals surface area contributed by atoms with E-state index in [0.29, 0.717) is 0 Å². The number of aryl methyl sites for hydroxylation is 1. The average Bonchev–Trinajstić information content (AvgIpc) is 2.87. The largest absolute Gasteiger partial charge is 0.494 e. The van der Waals surface area contributed by atoms with Gasteiger partial charge in [0.2, 0.25) is 0 Å². The van der Waals surface area contributed by atoms with E-state index >= 15 is 0 Å². The summed E-state index contributed by atoms with van der Waals surface area (Å²) in [6.07, 6.45) is 6.07. The summed E-state index contributed by atoms with van der Waals surface area (Å²) in [5.74, 6) is 0.213. The van der Waals surface area contributed by atoms with Crippen molar-refractivity contribution >= 4 is 16.9 Å². The van der Waals surface area contributed by atoms with Crippen LogP contribution in [0.15, 0.2) is 30.5 Å². The lowest BCUT2D eigenvalue weighted by molar-refractivity contribution is -0.137. The number of aromatic nitrogens is 1. The second-order valence-electron chi connectivity index (χ2n) is 5.28. The van der Waals surface area contributed by atoms with Crippen molar-refractivity contribution in [2.45, 2.75) is 45.6 Å². The fraction of sp³-hybridized carbons (Fsp3) is 0.471. The number of carbonyl (C=O) groups is 1. The summed E-state index contributed by atoms with van der Waals surface area (Å²) < 4.78 is 7.87. The van der Waals surface area contributed by atoms with Gasteiger partial charge in [-0.3, -0.25) is 4.79 Å². The van der Waals surface area contributed by atoms with Crippen LogP contribution in [0.4, 0.5) is 0 Å². The molecule has 0 spiro atoms. The molecule has 4 heteroatoms. The van der Waals surface area contributed by atoms with Crippen LogP contribution in [0.25, 0.3) is 10.9 Å². The van der Waals surface area contributed by atoms with Crippen molar-refractivity contribution in [3.63, 3.8) is 0 Å². The van der Waals surface area contributed by atoms with Crippen LogP contribution < -0.4 is 4.74 Å². The van der Waals surface area contributed by atoms with E-state index in [0.717, 1.165) is 44.6 Å². The third kappa shape index (κ3) is 4.52. The number of hydrogen-bond acceptors (Lipinski definition) is 2. The first-order valence-electron chi connectivity index (χ1n) is 7.64. The molecule has 114 valence electrons. The standard InChI is InChI=1S/C17H23NO3/c1-2-12-21-15-7-8-16-14(13-15)9-11-18(16)10-5-3-4-6-17(19)20/h7-9,11,13H,2-6,10,12H2,1H3,(H,19,20). The van der Waals surface area contributed by atoms with Gasteiger partial charge in [0.15, 0.2) is 0 Å². The molecule has 1 aromatic carbocycles. The quantitative estimate of drug-likeness (QED) is 0.708. The van der Waals surface area contributed by atoms with Crippen LogP contribution in [0.1, 0.15) is 39.0 Å². The van der Waals surface area contributed by atoms with Crippen molar-refractivity contribution in [2.75, 3.05) is 6.61 Å². The summed E-state index contributed by atoms with van der Waals surface area (Å²) in [4.78, 5) is 10.5. The van der Waals surface area contributed by atoms with E-state index < -0.39 is 5.97 Å². The topological polar surface area (TPSA) is 51.5 Å². The summed E-state index contributed by atoms with van der Waals surface area (Å²) in [6, 6.07) is 8.29. The molecule has 0 radical (unpaired) electrons. The van der Waals surface area contributed by atoms with Gasteiger partial charge in [0.25, 0.3) is 0 Å². The fourth-order valence-corrected chi connectivity index (χ4v) is 2.42. The van der Waals surface area contributed by atoms with E-state index in [1.54, 1.807) is 0 Å². The van der Waals surface area contributed by atoms with Crippen molar-refractivity contribution in [1.29, 1.82) is 0 Å². The Morgan fingerprint density at radius 1 is 1.24 bits per heavy atom. The van der Waals surface area contributed by atoms with Crippen molar-refractivity contribution in [3.8, 4) is 5.75 Å². The number of nitrogens with zero attached hydrogens (tertiary/aromatic N) is 1. The molecule has 1 heterocycles. The van der Waals surface area contributed by atoms with Gasteiger partial charge < -0.3 is 14.4 Å². The number of benzene rings is 1. The number of aliphatic carboxylic acids is 1. The summed E-state index contributed by atoms with van der Waals surface area (Å²) in [7, 11) is 0. The third-order valence-electron chi connectivity index (χ3n) is 3.50. The highest BCUT2D eigenvalue weighted by Gasteiger charge is 2.03. The fourth-order valence-electron chi connectivity index (χ4n) is 2.42. The van der Waals surface area contributed by atoms with Crippen LogP contribution in [-0.2, 0) is 11.3 Å². The molecule has 0 aliphatic carbocycles. The Kier molecular flexibility index (Phi) is 5.67. The number of carboxylic acid groups (broad SMARTS) is 1. The summed E-state index contributed by atoms with van der Waals surface area (Å²) in [6.45, 7) is 3.77. The third-order valence-corrected chi connectivity index (χ3v) is 3.50. The summed E-state index contributed by atoms with van der Waals surface area (Å²) >= 11 is 0. The zero-order valence-electron chi connectivity index (χ0n) is 12.5. The van der Waals surface area contributed by atoms with Crippen molar-refractivity contribution < 1.29 is 14.6 Å². The summed E-state index contributed by atoms with van der Waals surface area (Å²) in [5.41, 5.74) is 1.21. The Labute approximate surface area is 125 Å². The predicted molar refractivity (Wildman–Crippen MR) is 83.8 cm³/mol. The van der Waals surface area contributed by atoms with E-state index in [4.69, 9.17) is 9.84 Å². The van der Waals surface area contributed by atoms with Crippen LogP contribution in [0.2, 0.25) is 0 Å². The molecule has 4 nitrogen and oxygen atoms in total. The van der Waals surface area contributed by atoms with E-state index in [1.165, 1.54) is 10.9 Å². The smallest absolute Gasteiger partial charge is 0.303 e. The van der Waals surface area contributed by atoms with E-state index in [9.17, 15) is 4.79 Å². The zero-order valence-corrected chi connectivity index (χ0v) is 12.5. The second kappa shape index (κ2) is 7.72. The Bertz CT molecular complexity index is 589. The molecule has 21 heavy (non-hydrogen) atoms. The lowest BCUT2D eigenvalue weighted by Gasteiger charge is -2.07. The van der Waals surface area contributed by atoms with Crippen LogP contribution in [0.5, 0.6) is 5.75 Å². The van der Waals surface area contributed by atoms with Gasteiger partial charge >= 0.3 is 5.97 Å². The molecule has 2 aromatic rings. The molecule has 0 atom stereocenters. The summed E-state index contributed by atoms with van der Waals surface area (Å²) in [5, 5.41) is 9.80. The lowest BCUT2D eigenvalue weighted by Crippen LogP contribution is -1.98. The molecular formula is C17H23NO3. The molecule has 0 fully saturated rings. The highest BCUT2D eigenvalue weighted by Crippen LogP contribution is 2.22. The van der Waals surface area contributed by atoms with Crippen molar-refractivity contribution in [3.05, 3.63) is 30.5 Å². The second-order valence-corrected chi connectivity index (χ2v) is 5.28. The van der Waals surface area contributed by atoms with Crippen LogP contribution in [0.3, 0.4) is 0 Å². The molecule has 0 aliphatic heterocycles. The first kappa shape index (κ1) is 15.4. The number of ether oxygens (including phenoxy) is 1. The SMILES string of the molecule is CCCOc1ccc2c(ccn2CCCCCC(=O)O)c1. The molecule has 1 aromatic heterocycles. The Balaban J connectivity index is 1.90. The zero-order chi connectivity index (χ0) is 15.1. The number of unbranched alkanes of at least 4 members (excludes halogenated alkanes) is 2. The highest BCUT2D eigenvalue weighted by atomic mass is 16.5. The van der Waals surface area contributed by atoms with Gasteiger partial charge in [-0.15, -0.1) is 0 Å². The first-order valence-corrected chi connectivity index (χ1v) is 7.64. The Morgan fingerprint density at radius 3 is 2.86 bits per heavy atom. The molecule has 0 bridgehead atoms. The van der Waals surface area contributed by atoms with Gasteiger partial charge in [-0.1, -0.05) is 13.3 Å². The van der Waals surface area contributed by atoms with Crippen LogP contribution in [-0.4, -0.2) is 22.2 Å². The molecule has 0 saturated carbocycles. The normalized spacial score (nSPS) is 10.9. The Hall–Kier alpha value is -1.97. The van der Waals surface area contributed by atoms with E-state index in [1.807, 2.05) is 6.07 Å². The maximum absolute atomic E-state index is 10.5. The van der Waals surface area contributed by atoms with E-state index in [-0.39, 0.29) is 6.42 Å². The molecule has 2 rings (SSSR count). The lowest BCUT2D eigenvalue weighted by atomic mass is 10.2. The van der Waals surface area contributed by atoms with E-state index in [2.05, 4.69) is 35.9 Å². The maximum atomic E-state index is 10.5. The number of hydrogen-bond donors (Lipinski definition) is 1. The molecule has 0 amide bonds. The van der Waals surface area contributed by atoms with Gasteiger partial charge in [-0.2, -0.15) is 0 Å².